The van der Waals surface area contributed by atoms with Crippen LogP contribution in [0.2, 0.25) is 0 Å². The van der Waals surface area contributed by atoms with Crippen molar-refractivity contribution in [3.05, 3.63) is 28.0 Å². The minimum Gasteiger partial charge on any atom is -0.508 e. The molecule has 1 aromatic rings. The second-order valence-corrected chi connectivity index (χ2v) is 3.90. The molecule has 0 amide bonds. The summed E-state index contributed by atoms with van der Waals surface area (Å²) in [4.78, 5) is 10.3. The maximum atomic E-state index is 13.1. The maximum Gasteiger partial charge on any atom is 0.303 e. The Hall–Kier alpha value is -1.10. The number of hydrogen-bond acceptors (Lipinski definition) is 2. The number of aromatic hydroxyl groups is 1. The molecule has 82 valence electrons. The highest BCUT2D eigenvalue weighted by Gasteiger charge is 2.11. The average Bonchev–Trinajstić information content (AvgIpc) is 2.17. The Labute approximate surface area is 94.7 Å². The summed E-state index contributed by atoms with van der Waals surface area (Å²) in [6.07, 6.45) is 0.698. The molecule has 1 aromatic carbocycles. The van der Waals surface area contributed by atoms with Gasteiger partial charge in [-0.25, -0.2) is 4.39 Å². The van der Waals surface area contributed by atoms with E-state index >= 15 is 0 Å². The van der Waals surface area contributed by atoms with Gasteiger partial charge in [-0.1, -0.05) is 0 Å². The van der Waals surface area contributed by atoms with Crippen molar-refractivity contribution in [2.45, 2.75) is 19.3 Å². The third-order valence-electron chi connectivity index (χ3n) is 1.99. The van der Waals surface area contributed by atoms with Gasteiger partial charge < -0.3 is 10.2 Å². The number of carboxylic acid groups (broad SMARTS) is 1. The molecule has 0 unspecified atom stereocenters. The lowest BCUT2D eigenvalue weighted by atomic mass is 10.1. The molecule has 0 aliphatic heterocycles. The summed E-state index contributed by atoms with van der Waals surface area (Å²) in [5, 5.41) is 17.9. The monoisotopic (exact) mass is 276 g/mol. The Bertz CT molecular complexity index is 379. The van der Waals surface area contributed by atoms with E-state index in [9.17, 15) is 14.3 Å². The van der Waals surface area contributed by atoms with Crippen LogP contribution in [0.25, 0.3) is 0 Å². The summed E-state index contributed by atoms with van der Waals surface area (Å²) in [6, 6.07) is 2.41. The lowest BCUT2D eigenvalue weighted by Crippen LogP contribution is -1.97. The molecule has 2 N–H and O–H groups in total. The van der Waals surface area contributed by atoms with Crippen LogP contribution >= 0.6 is 15.9 Å². The first kappa shape index (κ1) is 12.0. The van der Waals surface area contributed by atoms with E-state index in [0.29, 0.717) is 18.4 Å². The topological polar surface area (TPSA) is 57.5 Å². The van der Waals surface area contributed by atoms with Crippen molar-refractivity contribution in [2.24, 2.45) is 0 Å². The lowest BCUT2D eigenvalue weighted by molar-refractivity contribution is -0.137. The van der Waals surface area contributed by atoms with E-state index in [-0.39, 0.29) is 16.6 Å². The summed E-state index contributed by atoms with van der Waals surface area (Å²) in [5.41, 5.74) is 0.413. The van der Waals surface area contributed by atoms with Gasteiger partial charge in [-0.2, -0.15) is 0 Å². The standard InChI is InChI=1S/C10H10BrFO3/c11-10-6(2-1-3-9(14)15)8(13)5-4-7(10)12/h4-5,13H,1-3H2,(H,14,15). The van der Waals surface area contributed by atoms with E-state index < -0.39 is 11.8 Å². The van der Waals surface area contributed by atoms with E-state index in [4.69, 9.17) is 5.11 Å². The lowest BCUT2D eigenvalue weighted by Gasteiger charge is -2.06. The Balaban J connectivity index is 2.75. The van der Waals surface area contributed by atoms with Gasteiger partial charge in [-0.3, -0.25) is 4.79 Å². The van der Waals surface area contributed by atoms with Gasteiger partial charge in [0.2, 0.25) is 0 Å². The molecular weight excluding hydrogens is 267 g/mol. The highest BCUT2D eigenvalue weighted by Crippen LogP contribution is 2.29. The van der Waals surface area contributed by atoms with Crippen LogP contribution in [-0.4, -0.2) is 16.2 Å². The zero-order chi connectivity index (χ0) is 11.4. The van der Waals surface area contributed by atoms with Crippen molar-refractivity contribution < 1.29 is 19.4 Å². The largest absolute Gasteiger partial charge is 0.508 e. The van der Waals surface area contributed by atoms with Crippen LogP contribution in [0.4, 0.5) is 4.39 Å². The van der Waals surface area contributed by atoms with E-state index in [0.717, 1.165) is 6.07 Å². The molecule has 0 aromatic heterocycles. The smallest absolute Gasteiger partial charge is 0.303 e. The molecule has 0 aliphatic carbocycles. The Kier molecular flexibility index (Phi) is 4.08. The second kappa shape index (κ2) is 5.11. The van der Waals surface area contributed by atoms with Gasteiger partial charge in [0, 0.05) is 12.0 Å². The summed E-state index contributed by atoms with van der Waals surface area (Å²) in [5.74, 6) is -1.38. The quantitative estimate of drug-likeness (QED) is 0.889. The van der Waals surface area contributed by atoms with Crippen LogP contribution in [0.5, 0.6) is 5.75 Å². The van der Waals surface area contributed by atoms with Crippen molar-refractivity contribution in [1.29, 1.82) is 0 Å². The number of halogens is 2. The van der Waals surface area contributed by atoms with Crippen molar-refractivity contribution in [3.63, 3.8) is 0 Å². The highest BCUT2D eigenvalue weighted by molar-refractivity contribution is 9.10. The Morgan fingerprint density at radius 2 is 2.13 bits per heavy atom. The molecule has 0 spiro atoms. The maximum absolute atomic E-state index is 13.1. The molecule has 0 heterocycles. The average molecular weight is 277 g/mol. The number of benzene rings is 1. The summed E-state index contributed by atoms with van der Waals surface area (Å²) in [7, 11) is 0. The molecule has 0 fully saturated rings. The first-order chi connectivity index (χ1) is 7.02. The first-order valence-electron chi connectivity index (χ1n) is 4.40. The van der Waals surface area contributed by atoms with E-state index in [1.165, 1.54) is 6.07 Å². The molecule has 0 saturated heterocycles. The number of rotatable bonds is 4. The fraction of sp³-hybridized carbons (Fsp3) is 0.300. The molecule has 0 aliphatic rings. The number of carboxylic acids is 1. The number of aliphatic carboxylic acids is 1. The highest BCUT2D eigenvalue weighted by atomic mass is 79.9. The second-order valence-electron chi connectivity index (χ2n) is 3.11. The van der Waals surface area contributed by atoms with Crippen molar-refractivity contribution in [1.82, 2.24) is 0 Å². The fourth-order valence-electron chi connectivity index (χ4n) is 1.24. The van der Waals surface area contributed by atoms with Gasteiger partial charge >= 0.3 is 5.97 Å². The molecule has 0 saturated carbocycles. The predicted octanol–water partition coefficient (Wildman–Crippen LogP) is 2.70. The molecule has 1 rings (SSSR count). The molecular formula is C10H10BrFO3. The zero-order valence-electron chi connectivity index (χ0n) is 7.83. The van der Waals surface area contributed by atoms with Crippen molar-refractivity contribution in [3.8, 4) is 5.75 Å². The number of phenols is 1. The van der Waals surface area contributed by atoms with Gasteiger partial charge in [-0.15, -0.1) is 0 Å². The van der Waals surface area contributed by atoms with E-state index in [1.807, 2.05) is 0 Å². The van der Waals surface area contributed by atoms with Crippen LogP contribution < -0.4 is 0 Å². The third kappa shape index (κ3) is 3.20. The van der Waals surface area contributed by atoms with Gasteiger partial charge in [-0.05, 0) is 40.9 Å². The number of hydrogen-bond donors (Lipinski definition) is 2. The molecule has 5 heteroatoms. The molecule has 15 heavy (non-hydrogen) atoms. The summed E-state index contributed by atoms with van der Waals surface area (Å²) < 4.78 is 13.3. The Morgan fingerprint density at radius 3 is 2.73 bits per heavy atom. The van der Waals surface area contributed by atoms with E-state index in [2.05, 4.69) is 15.9 Å². The summed E-state index contributed by atoms with van der Waals surface area (Å²) in [6.45, 7) is 0. The van der Waals surface area contributed by atoms with Crippen LogP contribution in [0.15, 0.2) is 16.6 Å². The summed E-state index contributed by atoms with van der Waals surface area (Å²) >= 11 is 3.02. The zero-order valence-corrected chi connectivity index (χ0v) is 9.42. The normalized spacial score (nSPS) is 10.3. The minimum absolute atomic E-state index is 0.00237. The van der Waals surface area contributed by atoms with Crippen LogP contribution in [0, 0.1) is 5.82 Å². The first-order valence-corrected chi connectivity index (χ1v) is 5.19. The van der Waals surface area contributed by atoms with Gasteiger partial charge in [0.15, 0.2) is 0 Å². The van der Waals surface area contributed by atoms with Gasteiger partial charge in [0.1, 0.15) is 11.6 Å². The SMILES string of the molecule is O=C(O)CCCc1c(O)ccc(F)c1Br. The molecule has 0 radical (unpaired) electrons. The molecule has 3 nitrogen and oxygen atoms in total. The Morgan fingerprint density at radius 1 is 1.47 bits per heavy atom. The molecule has 0 bridgehead atoms. The predicted molar refractivity (Wildman–Crippen MR) is 56.3 cm³/mol. The van der Waals surface area contributed by atoms with E-state index in [1.54, 1.807) is 0 Å². The van der Waals surface area contributed by atoms with Crippen LogP contribution in [0.3, 0.4) is 0 Å². The van der Waals surface area contributed by atoms with Gasteiger partial charge in [0.25, 0.3) is 0 Å². The van der Waals surface area contributed by atoms with Crippen molar-refractivity contribution in [2.75, 3.05) is 0 Å². The molecule has 0 atom stereocenters. The van der Waals surface area contributed by atoms with Gasteiger partial charge in [0.05, 0.1) is 4.47 Å². The van der Waals surface area contributed by atoms with Crippen LogP contribution in [-0.2, 0) is 11.2 Å². The number of carbonyl (C=O) groups is 1. The minimum atomic E-state index is -0.901. The van der Waals surface area contributed by atoms with Crippen molar-refractivity contribution >= 4 is 21.9 Å². The fourth-order valence-corrected chi connectivity index (χ4v) is 1.77. The van der Waals surface area contributed by atoms with Crippen LogP contribution in [0.1, 0.15) is 18.4 Å². The third-order valence-corrected chi connectivity index (χ3v) is 2.85. The number of phenolic OH excluding ortho intramolecular Hbond substituents is 1.